The third-order valence-electron chi connectivity index (χ3n) is 4.17. The number of hydrogen-bond acceptors (Lipinski definition) is 3. The maximum atomic E-state index is 12.3. The number of furan rings is 1. The van der Waals surface area contributed by atoms with E-state index in [1.165, 1.54) is 5.56 Å². The van der Waals surface area contributed by atoms with Gasteiger partial charge in [0.15, 0.2) is 10.4 Å². The highest BCUT2D eigenvalue weighted by Crippen LogP contribution is 2.17. The normalized spacial score (nSPS) is 14.7. The van der Waals surface area contributed by atoms with Crippen molar-refractivity contribution in [3.8, 4) is 0 Å². The van der Waals surface area contributed by atoms with Crippen LogP contribution in [0.15, 0.2) is 51.6 Å². The van der Waals surface area contributed by atoms with Gasteiger partial charge in [0, 0.05) is 32.6 Å². The van der Waals surface area contributed by atoms with Gasteiger partial charge < -0.3 is 14.2 Å². The lowest BCUT2D eigenvalue weighted by Gasteiger charge is -2.34. The average molecular weight is 391 g/mol. The fourth-order valence-electron chi connectivity index (χ4n) is 2.80. The average Bonchev–Trinajstić information content (AvgIpc) is 3.06. The van der Waals surface area contributed by atoms with E-state index >= 15 is 0 Å². The van der Waals surface area contributed by atoms with E-state index in [2.05, 4.69) is 15.9 Å². The molecule has 2 heterocycles. The van der Waals surface area contributed by atoms with Crippen LogP contribution in [-0.2, 0) is 11.2 Å². The SMILES string of the molecule is O=C(CCc1ccccc1)N1CCN(C(=O)c2ccc(Br)o2)CC1. The molecule has 5 nitrogen and oxygen atoms in total. The molecule has 0 bridgehead atoms. The topological polar surface area (TPSA) is 53.8 Å². The summed E-state index contributed by atoms with van der Waals surface area (Å²) in [6.45, 7) is 2.21. The van der Waals surface area contributed by atoms with Crippen LogP contribution in [0.4, 0.5) is 0 Å². The molecule has 1 saturated heterocycles. The van der Waals surface area contributed by atoms with E-state index in [4.69, 9.17) is 4.42 Å². The number of halogens is 1. The molecule has 0 atom stereocenters. The lowest BCUT2D eigenvalue weighted by molar-refractivity contribution is -0.132. The summed E-state index contributed by atoms with van der Waals surface area (Å²) < 4.78 is 5.85. The standard InChI is InChI=1S/C18H19BrN2O3/c19-16-8-7-15(24-16)18(23)21-12-10-20(11-13-21)17(22)9-6-14-4-2-1-3-5-14/h1-5,7-8H,6,9-13H2. The molecular formula is C18H19BrN2O3. The molecule has 0 radical (unpaired) electrons. The van der Waals surface area contributed by atoms with Gasteiger partial charge in [-0.1, -0.05) is 30.3 Å². The first-order chi connectivity index (χ1) is 11.6. The van der Waals surface area contributed by atoms with Crippen LogP contribution in [-0.4, -0.2) is 47.8 Å². The molecule has 1 fully saturated rings. The fourth-order valence-corrected chi connectivity index (χ4v) is 3.10. The molecule has 2 amide bonds. The first kappa shape index (κ1) is 16.8. The summed E-state index contributed by atoms with van der Waals surface area (Å²) in [6, 6.07) is 13.4. The van der Waals surface area contributed by atoms with Crippen molar-refractivity contribution < 1.29 is 14.0 Å². The van der Waals surface area contributed by atoms with Gasteiger partial charge in [0.25, 0.3) is 5.91 Å². The quantitative estimate of drug-likeness (QED) is 0.806. The number of carbonyl (C=O) groups excluding carboxylic acids is 2. The van der Waals surface area contributed by atoms with Crippen molar-refractivity contribution in [2.75, 3.05) is 26.2 Å². The van der Waals surface area contributed by atoms with E-state index in [9.17, 15) is 9.59 Å². The van der Waals surface area contributed by atoms with Crippen LogP contribution in [0, 0.1) is 0 Å². The molecule has 1 aromatic heterocycles. The lowest BCUT2D eigenvalue weighted by atomic mass is 10.1. The van der Waals surface area contributed by atoms with E-state index in [1.807, 2.05) is 35.2 Å². The molecule has 1 aliphatic rings. The Labute approximate surface area is 149 Å². The van der Waals surface area contributed by atoms with Crippen LogP contribution >= 0.6 is 15.9 Å². The molecule has 0 aliphatic carbocycles. The van der Waals surface area contributed by atoms with Gasteiger partial charge in [-0.25, -0.2) is 0 Å². The zero-order valence-electron chi connectivity index (χ0n) is 13.3. The monoisotopic (exact) mass is 390 g/mol. The minimum absolute atomic E-state index is 0.128. The predicted molar refractivity (Wildman–Crippen MR) is 93.7 cm³/mol. The molecule has 126 valence electrons. The fraction of sp³-hybridized carbons (Fsp3) is 0.333. The Morgan fingerprint density at radius 3 is 2.25 bits per heavy atom. The minimum Gasteiger partial charge on any atom is -0.444 e. The number of carbonyl (C=O) groups is 2. The Bertz CT molecular complexity index is 706. The zero-order valence-corrected chi connectivity index (χ0v) is 14.9. The van der Waals surface area contributed by atoms with E-state index in [0.717, 1.165) is 6.42 Å². The van der Waals surface area contributed by atoms with Crippen molar-refractivity contribution in [1.29, 1.82) is 0 Å². The van der Waals surface area contributed by atoms with E-state index in [-0.39, 0.29) is 11.8 Å². The molecule has 0 spiro atoms. The first-order valence-corrected chi connectivity index (χ1v) is 8.79. The molecule has 24 heavy (non-hydrogen) atoms. The number of hydrogen-bond donors (Lipinski definition) is 0. The highest BCUT2D eigenvalue weighted by atomic mass is 79.9. The Balaban J connectivity index is 1.47. The van der Waals surface area contributed by atoms with E-state index in [1.54, 1.807) is 17.0 Å². The third-order valence-corrected chi connectivity index (χ3v) is 4.60. The molecule has 2 aromatic rings. The highest BCUT2D eigenvalue weighted by molar-refractivity contribution is 9.10. The summed E-state index contributed by atoms with van der Waals surface area (Å²) in [5.41, 5.74) is 1.17. The van der Waals surface area contributed by atoms with Crippen molar-refractivity contribution >= 4 is 27.7 Å². The molecule has 6 heteroatoms. The van der Waals surface area contributed by atoms with Crippen LogP contribution in [0.1, 0.15) is 22.5 Å². The maximum absolute atomic E-state index is 12.3. The second-order valence-electron chi connectivity index (χ2n) is 5.76. The molecule has 0 unspecified atom stereocenters. The number of nitrogens with zero attached hydrogens (tertiary/aromatic N) is 2. The maximum Gasteiger partial charge on any atom is 0.289 e. The van der Waals surface area contributed by atoms with Crippen LogP contribution in [0.2, 0.25) is 0 Å². The van der Waals surface area contributed by atoms with Crippen molar-refractivity contribution in [3.05, 3.63) is 58.5 Å². The lowest BCUT2D eigenvalue weighted by Crippen LogP contribution is -2.50. The van der Waals surface area contributed by atoms with Gasteiger partial charge in [0.1, 0.15) is 0 Å². The van der Waals surface area contributed by atoms with Crippen molar-refractivity contribution in [2.45, 2.75) is 12.8 Å². The molecule has 0 saturated carbocycles. The van der Waals surface area contributed by atoms with Crippen LogP contribution < -0.4 is 0 Å². The molecule has 1 aromatic carbocycles. The Morgan fingerprint density at radius 2 is 1.62 bits per heavy atom. The predicted octanol–water partition coefficient (Wildman–Crippen LogP) is 2.96. The number of rotatable bonds is 4. The zero-order chi connectivity index (χ0) is 16.9. The van der Waals surface area contributed by atoms with Crippen LogP contribution in [0.3, 0.4) is 0 Å². The van der Waals surface area contributed by atoms with Gasteiger partial charge in [-0.2, -0.15) is 0 Å². The van der Waals surface area contributed by atoms with Crippen molar-refractivity contribution in [1.82, 2.24) is 9.80 Å². The van der Waals surface area contributed by atoms with Crippen LogP contribution in [0.5, 0.6) is 0 Å². The third kappa shape index (κ3) is 4.06. The smallest absolute Gasteiger partial charge is 0.289 e. The number of benzene rings is 1. The molecule has 3 rings (SSSR count). The van der Waals surface area contributed by atoms with Crippen molar-refractivity contribution in [2.24, 2.45) is 0 Å². The number of aryl methyl sites for hydroxylation is 1. The molecule has 1 aliphatic heterocycles. The van der Waals surface area contributed by atoms with Gasteiger partial charge in [0.05, 0.1) is 0 Å². The minimum atomic E-state index is -0.128. The Hall–Kier alpha value is -2.08. The van der Waals surface area contributed by atoms with Gasteiger partial charge in [0.2, 0.25) is 5.91 Å². The van der Waals surface area contributed by atoms with E-state index < -0.39 is 0 Å². The largest absolute Gasteiger partial charge is 0.444 e. The number of amides is 2. The first-order valence-electron chi connectivity index (χ1n) is 8.00. The molecule has 0 N–H and O–H groups in total. The molecular weight excluding hydrogens is 372 g/mol. The van der Waals surface area contributed by atoms with E-state index in [0.29, 0.717) is 43.0 Å². The van der Waals surface area contributed by atoms with Crippen molar-refractivity contribution in [3.63, 3.8) is 0 Å². The van der Waals surface area contributed by atoms with Gasteiger partial charge in [-0.15, -0.1) is 0 Å². The summed E-state index contributed by atoms with van der Waals surface area (Å²) >= 11 is 3.20. The second kappa shape index (κ2) is 7.66. The summed E-state index contributed by atoms with van der Waals surface area (Å²) in [7, 11) is 0. The van der Waals surface area contributed by atoms with Crippen LogP contribution in [0.25, 0.3) is 0 Å². The highest BCUT2D eigenvalue weighted by Gasteiger charge is 2.26. The van der Waals surface area contributed by atoms with Gasteiger partial charge in [-0.05, 0) is 40.0 Å². The van der Waals surface area contributed by atoms with Gasteiger partial charge in [-0.3, -0.25) is 9.59 Å². The Kier molecular flexibility index (Phi) is 5.35. The summed E-state index contributed by atoms with van der Waals surface area (Å²) in [5.74, 6) is 0.342. The van der Waals surface area contributed by atoms with Gasteiger partial charge >= 0.3 is 0 Å². The second-order valence-corrected chi connectivity index (χ2v) is 6.54. The summed E-state index contributed by atoms with van der Waals surface area (Å²) in [5, 5.41) is 0. The summed E-state index contributed by atoms with van der Waals surface area (Å²) in [4.78, 5) is 28.2. The summed E-state index contributed by atoms with van der Waals surface area (Å²) in [6.07, 6.45) is 1.25. The number of piperazine rings is 1. The Morgan fingerprint density at radius 1 is 0.958 bits per heavy atom.